The lowest BCUT2D eigenvalue weighted by Crippen LogP contribution is -2.31. The van der Waals surface area contributed by atoms with Crippen molar-refractivity contribution >= 4 is 10.0 Å². The maximum Gasteiger partial charge on any atom is 0.244 e. The van der Waals surface area contributed by atoms with Crippen LogP contribution in [0.25, 0.3) is 11.3 Å². The van der Waals surface area contributed by atoms with Gasteiger partial charge in [-0.25, -0.2) is 17.8 Å². The Hall–Kier alpha value is -3.53. The van der Waals surface area contributed by atoms with Crippen molar-refractivity contribution in [3.8, 4) is 17.0 Å². The number of nitrogens with zero attached hydrogens (tertiary/aromatic N) is 3. The molecule has 0 aliphatic carbocycles. The number of hydrogen-bond donors (Lipinski definition) is 1. The highest BCUT2D eigenvalue weighted by Crippen LogP contribution is 2.41. The van der Waals surface area contributed by atoms with Gasteiger partial charge in [-0.1, -0.05) is 42.5 Å². The predicted octanol–water partition coefficient (Wildman–Crippen LogP) is 4.96. The van der Waals surface area contributed by atoms with Gasteiger partial charge in [0.1, 0.15) is 11.6 Å². The van der Waals surface area contributed by atoms with Gasteiger partial charge < -0.3 is 14.4 Å². The minimum absolute atomic E-state index is 0.0630. The molecule has 5 rings (SSSR count). The molecule has 1 saturated heterocycles. The topological polar surface area (TPSA) is 84.7 Å². The first kappa shape index (κ1) is 26.1. The van der Waals surface area contributed by atoms with Gasteiger partial charge >= 0.3 is 0 Å². The summed E-state index contributed by atoms with van der Waals surface area (Å²) in [6, 6.07) is 18.7. The summed E-state index contributed by atoms with van der Waals surface area (Å²) in [4.78, 5) is 4.44. The second kappa shape index (κ2) is 11.1. The van der Waals surface area contributed by atoms with E-state index in [1.807, 2.05) is 28.8 Å². The maximum atomic E-state index is 13.9. The van der Waals surface area contributed by atoms with E-state index in [2.05, 4.69) is 4.98 Å². The Kier molecular flexibility index (Phi) is 7.60. The number of aromatic nitrogens is 2. The molecule has 0 radical (unpaired) electrons. The number of rotatable bonds is 9. The van der Waals surface area contributed by atoms with Gasteiger partial charge in [0.05, 0.1) is 42.9 Å². The maximum absolute atomic E-state index is 13.9. The molecule has 2 heterocycles. The van der Waals surface area contributed by atoms with Crippen molar-refractivity contribution in [2.45, 2.75) is 43.4 Å². The smallest absolute Gasteiger partial charge is 0.244 e. The number of aryl methyl sites for hydroxylation is 2. The molecule has 0 spiro atoms. The Labute approximate surface area is 222 Å². The molecule has 3 aromatic carbocycles. The molecule has 1 fully saturated rings. The van der Waals surface area contributed by atoms with Crippen LogP contribution in [-0.2, 0) is 29.6 Å². The van der Waals surface area contributed by atoms with Crippen LogP contribution in [0.15, 0.2) is 84.1 Å². The highest BCUT2D eigenvalue weighted by molar-refractivity contribution is 7.89. The lowest BCUT2D eigenvalue weighted by Gasteiger charge is -2.27. The van der Waals surface area contributed by atoms with Crippen LogP contribution in [0.1, 0.15) is 35.6 Å². The number of ether oxygens (including phenoxy) is 1. The van der Waals surface area contributed by atoms with Crippen molar-refractivity contribution < 1.29 is 22.7 Å². The van der Waals surface area contributed by atoms with E-state index in [4.69, 9.17) is 4.74 Å². The summed E-state index contributed by atoms with van der Waals surface area (Å²) < 4.78 is 50.0. The van der Waals surface area contributed by atoms with Crippen molar-refractivity contribution in [1.82, 2.24) is 13.9 Å². The van der Waals surface area contributed by atoms with E-state index in [-0.39, 0.29) is 23.4 Å². The molecule has 4 aromatic rings. The van der Waals surface area contributed by atoms with Gasteiger partial charge in [0.15, 0.2) is 0 Å². The van der Waals surface area contributed by atoms with E-state index in [0.29, 0.717) is 37.2 Å². The highest BCUT2D eigenvalue weighted by atomic mass is 32.2. The van der Waals surface area contributed by atoms with Crippen molar-refractivity contribution in [2.24, 2.45) is 0 Å². The predicted molar refractivity (Wildman–Crippen MR) is 143 cm³/mol. The van der Waals surface area contributed by atoms with Crippen LogP contribution in [0.2, 0.25) is 0 Å². The van der Waals surface area contributed by atoms with Gasteiger partial charge in [0, 0.05) is 24.7 Å². The number of aliphatic hydroxyl groups excluding tert-OH is 1. The van der Waals surface area contributed by atoms with E-state index in [1.54, 1.807) is 41.1 Å². The SMILES string of the molecule is COc1ccc(CO)c(S(=O)(=O)N2CCCC2c2ccccc2-c2cncn2CCc2ccc(F)cc2)c1. The largest absolute Gasteiger partial charge is 0.497 e. The molecule has 1 unspecified atom stereocenters. The van der Waals surface area contributed by atoms with Crippen LogP contribution >= 0.6 is 0 Å². The molecule has 9 heteroatoms. The van der Waals surface area contributed by atoms with Crippen molar-refractivity contribution in [2.75, 3.05) is 13.7 Å². The number of methoxy groups -OCH3 is 1. The number of imidazole rings is 1. The van der Waals surface area contributed by atoms with E-state index in [1.165, 1.54) is 25.3 Å². The molecular formula is C29H30FN3O4S. The molecule has 0 saturated carbocycles. The normalized spacial score (nSPS) is 16.1. The zero-order valence-corrected chi connectivity index (χ0v) is 21.9. The zero-order valence-electron chi connectivity index (χ0n) is 21.1. The van der Waals surface area contributed by atoms with Crippen LogP contribution in [-0.4, -0.2) is 41.0 Å². The summed E-state index contributed by atoms with van der Waals surface area (Å²) in [6.45, 7) is 0.639. The Bertz CT molecular complexity index is 1520. The van der Waals surface area contributed by atoms with Gasteiger partial charge in [-0.2, -0.15) is 4.31 Å². The zero-order chi connectivity index (χ0) is 26.7. The molecule has 7 nitrogen and oxygen atoms in total. The van der Waals surface area contributed by atoms with E-state index >= 15 is 0 Å². The standard InChI is InChI=1S/C29H30FN3O4S/c1-37-24-13-10-22(19-34)29(17-24)38(35,36)33-15-4-7-27(33)25-5-2-3-6-26(25)28-18-31-20-32(28)16-14-21-8-11-23(30)12-9-21/h2-3,5-6,8-13,17-18,20,27,34H,4,7,14-16,19H2,1H3. The van der Waals surface area contributed by atoms with Crippen LogP contribution in [0.4, 0.5) is 4.39 Å². The summed E-state index contributed by atoms with van der Waals surface area (Å²) >= 11 is 0. The highest BCUT2D eigenvalue weighted by Gasteiger charge is 2.38. The third-order valence-electron chi connectivity index (χ3n) is 7.10. The second-order valence-electron chi connectivity index (χ2n) is 9.34. The molecule has 1 aromatic heterocycles. The minimum Gasteiger partial charge on any atom is -0.497 e. The minimum atomic E-state index is -3.92. The Balaban J connectivity index is 1.48. The lowest BCUT2D eigenvalue weighted by atomic mass is 9.97. The molecule has 0 amide bonds. The molecule has 0 bridgehead atoms. The molecular weight excluding hydrogens is 505 g/mol. The third kappa shape index (κ3) is 5.09. The fourth-order valence-corrected chi connectivity index (χ4v) is 7.05. The van der Waals surface area contributed by atoms with Gasteiger partial charge in [0.2, 0.25) is 10.0 Å². The molecule has 1 atom stereocenters. The number of sulfonamides is 1. The molecule has 38 heavy (non-hydrogen) atoms. The van der Waals surface area contributed by atoms with Crippen LogP contribution in [0.3, 0.4) is 0 Å². The molecule has 1 aliphatic heterocycles. The van der Waals surface area contributed by atoms with Crippen molar-refractivity contribution in [3.05, 3.63) is 102 Å². The number of halogens is 1. The summed E-state index contributed by atoms with van der Waals surface area (Å²) in [5.74, 6) is 0.157. The second-order valence-corrected chi connectivity index (χ2v) is 11.2. The Morgan fingerprint density at radius 3 is 2.66 bits per heavy atom. The van der Waals surface area contributed by atoms with E-state index in [0.717, 1.165) is 28.8 Å². The Morgan fingerprint density at radius 2 is 1.89 bits per heavy atom. The average Bonchev–Trinajstić information content (AvgIpc) is 3.63. The summed E-state index contributed by atoms with van der Waals surface area (Å²) in [5.41, 5.74) is 4.08. The van der Waals surface area contributed by atoms with Crippen molar-refractivity contribution in [3.63, 3.8) is 0 Å². The quantitative estimate of drug-likeness (QED) is 0.328. The van der Waals surface area contributed by atoms with Crippen LogP contribution in [0.5, 0.6) is 5.75 Å². The summed E-state index contributed by atoms with van der Waals surface area (Å²) in [7, 11) is -2.43. The number of hydrogen-bond acceptors (Lipinski definition) is 5. The first-order valence-corrected chi connectivity index (χ1v) is 14.0. The van der Waals surface area contributed by atoms with Gasteiger partial charge in [-0.15, -0.1) is 0 Å². The first-order valence-electron chi connectivity index (χ1n) is 12.6. The van der Waals surface area contributed by atoms with Crippen LogP contribution < -0.4 is 4.74 Å². The average molecular weight is 536 g/mol. The fourth-order valence-electron chi connectivity index (χ4n) is 5.14. The van der Waals surface area contributed by atoms with Gasteiger partial charge in [-0.05, 0) is 54.2 Å². The number of aliphatic hydroxyl groups is 1. The van der Waals surface area contributed by atoms with Crippen LogP contribution in [0, 0.1) is 5.82 Å². The first-order chi connectivity index (χ1) is 18.4. The fraction of sp³-hybridized carbons (Fsp3) is 0.276. The third-order valence-corrected chi connectivity index (χ3v) is 9.09. The monoisotopic (exact) mass is 535 g/mol. The van der Waals surface area contributed by atoms with Gasteiger partial charge in [-0.3, -0.25) is 0 Å². The van der Waals surface area contributed by atoms with E-state index < -0.39 is 10.0 Å². The number of benzene rings is 3. The molecule has 198 valence electrons. The molecule has 1 aliphatic rings. The summed E-state index contributed by atoms with van der Waals surface area (Å²) in [6.07, 6.45) is 5.67. The van der Waals surface area contributed by atoms with E-state index in [9.17, 15) is 17.9 Å². The lowest BCUT2D eigenvalue weighted by molar-refractivity contribution is 0.277. The van der Waals surface area contributed by atoms with Gasteiger partial charge in [0.25, 0.3) is 0 Å². The summed E-state index contributed by atoms with van der Waals surface area (Å²) in [5, 5.41) is 9.87. The Morgan fingerprint density at radius 1 is 1.11 bits per heavy atom. The molecule has 1 N–H and O–H groups in total. The van der Waals surface area contributed by atoms with Crippen molar-refractivity contribution in [1.29, 1.82) is 0 Å².